The molecule has 0 bridgehead atoms. The van der Waals surface area contributed by atoms with Gasteiger partial charge in [-0.15, -0.1) is 0 Å². The molecule has 6 nitrogen and oxygen atoms in total. The lowest BCUT2D eigenvalue weighted by molar-refractivity contribution is 0.0741. The molecule has 0 spiro atoms. The van der Waals surface area contributed by atoms with Gasteiger partial charge in [0.1, 0.15) is 11.4 Å². The number of benzene rings is 2. The van der Waals surface area contributed by atoms with Crippen LogP contribution in [0.1, 0.15) is 10.5 Å². The van der Waals surface area contributed by atoms with Crippen molar-refractivity contribution < 1.29 is 9.53 Å². The van der Waals surface area contributed by atoms with Gasteiger partial charge in [-0.1, -0.05) is 24.3 Å². The van der Waals surface area contributed by atoms with Crippen LogP contribution < -0.4 is 9.64 Å². The first-order valence-electron chi connectivity index (χ1n) is 8.65. The number of carbonyl (C=O) groups excluding carboxylic acids is 1. The lowest BCUT2D eigenvalue weighted by Gasteiger charge is -2.36. The molecule has 0 saturated carbocycles. The van der Waals surface area contributed by atoms with Crippen LogP contribution in [0.15, 0.2) is 54.7 Å². The van der Waals surface area contributed by atoms with E-state index in [-0.39, 0.29) is 5.91 Å². The number of amides is 1. The summed E-state index contributed by atoms with van der Waals surface area (Å²) < 4.78 is 5.44. The average Bonchev–Trinajstić information content (AvgIpc) is 2.73. The Labute approximate surface area is 152 Å². The van der Waals surface area contributed by atoms with Gasteiger partial charge >= 0.3 is 0 Å². The summed E-state index contributed by atoms with van der Waals surface area (Å²) in [7, 11) is 1.68. The maximum absolute atomic E-state index is 12.8. The average molecular weight is 348 g/mol. The van der Waals surface area contributed by atoms with Crippen LogP contribution in [0.25, 0.3) is 11.0 Å². The van der Waals surface area contributed by atoms with Crippen molar-refractivity contribution in [1.82, 2.24) is 14.9 Å². The van der Waals surface area contributed by atoms with Crippen molar-refractivity contribution in [1.29, 1.82) is 0 Å². The van der Waals surface area contributed by atoms with E-state index in [0.29, 0.717) is 18.8 Å². The summed E-state index contributed by atoms with van der Waals surface area (Å²) >= 11 is 0. The van der Waals surface area contributed by atoms with E-state index in [2.05, 4.69) is 14.9 Å². The minimum absolute atomic E-state index is 0.0667. The molecule has 0 radical (unpaired) electrons. The smallest absolute Gasteiger partial charge is 0.274 e. The summed E-state index contributed by atoms with van der Waals surface area (Å²) in [5.41, 5.74) is 3.00. The monoisotopic (exact) mass is 348 g/mol. The van der Waals surface area contributed by atoms with Crippen LogP contribution in [-0.2, 0) is 0 Å². The molecule has 1 saturated heterocycles. The molecule has 0 atom stereocenters. The minimum Gasteiger partial charge on any atom is -0.495 e. The van der Waals surface area contributed by atoms with E-state index in [1.54, 1.807) is 13.3 Å². The first-order valence-corrected chi connectivity index (χ1v) is 8.65. The number of fused-ring (bicyclic) bond motifs is 1. The molecule has 3 aromatic rings. The van der Waals surface area contributed by atoms with Gasteiger partial charge in [0.25, 0.3) is 5.91 Å². The Balaban J connectivity index is 1.47. The van der Waals surface area contributed by atoms with Crippen molar-refractivity contribution in [2.75, 3.05) is 38.2 Å². The number of carbonyl (C=O) groups is 1. The van der Waals surface area contributed by atoms with Gasteiger partial charge in [0.2, 0.25) is 0 Å². The van der Waals surface area contributed by atoms with Crippen LogP contribution >= 0.6 is 0 Å². The summed E-state index contributed by atoms with van der Waals surface area (Å²) in [5.74, 6) is 0.788. The fraction of sp³-hybridized carbons (Fsp3) is 0.250. The summed E-state index contributed by atoms with van der Waals surface area (Å²) in [4.78, 5) is 25.7. The molecule has 0 aliphatic carbocycles. The third-order valence-electron chi connectivity index (χ3n) is 4.66. The van der Waals surface area contributed by atoms with Crippen LogP contribution in [0.5, 0.6) is 5.75 Å². The number of methoxy groups -OCH3 is 1. The van der Waals surface area contributed by atoms with Gasteiger partial charge < -0.3 is 14.5 Å². The highest BCUT2D eigenvalue weighted by Crippen LogP contribution is 2.28. The molecule has 2 aromatic carbocycles. The zero-order valence-electron chi connectivity index (χ0n) is 14.6. The second kappa shape index (κ2) is 7.00. The Hall–Kier alpha value is -3.15. The first kappa shape index (κ1) is 16.3. The Morgan fingerprint density at radius 1 is 0.962 bits per heavy atom. The quantitative estimate of drug-likeness (QED) is 0.728. The number of aromatic nitrogens is 2. The molecule has 1 amide bonds. The number of nitrogens with zero attached hydrogens (tertiary/aromatic N) is 4. The normalized spacial score (nSPS) is 14.5. The SMILES string of the molecule is COc1ccccc1N1CCN(C(=O)c2cnc3ccccc3n2)CC1. The lowest BCUT2D eigenvalue weighted by atomic mass is 10.2. The molecule has 1 aliphatic heterocycles. The lowest BCUT2D eigenvalue weighted by Crippen LogP contribution is -2.49. The van der Waals surface area contributed by atoms with Crippen LogP contribution in [0.2, 0.25) is 0 Å². The maximum atomic E-state index is 12.8. The fourth-order valence-electron chi connectivity index (χ4n) is 3.26. The standard InChI is InChI=1S/C20H20N4O2/c1-26-19-9-5-4-8-18(19)23-10-12-24(13-11-23)20(25)17-14-21-15-6-2-3-7-16(15)22-17/h2-9,14H,10-13H2,1H3. The Morgan fingerprint density at radius 2 is 1.65 bits per heavy atom. The number of ether oxygens (including phenoxy) is 1. The fourth-order valence-corrected chi connectivity index (χ4v) is 3.26. The maximum Gasteiger partial charge on any atom is 0.274 e. The third kappa shape index (κ3) is 3.06. The van der Waals surface area contributed by atoms with Crippen molar-refractivity contribution in [3.8, 4) is 5.75 Å². The van der Waals surface area contributed by atoms with Gasteiger partial charge in [-0.05, 0) is 24.3 Å². The van der Waals surface area contributed by atoms with Crippen LogP contribution in [0, 0.1) is 0 Å². The molecular formula is C20H20N4O2. The van der Waals surface area contributed by atoms with Crippen LogP contribution in [0.3, 0.4) is 0 Å². The van der Waals surface area contributed by atoms with Gasteiger partial charge in [0.05, 0.1) is 30.0 Å². The molecule has 2 heterocycles. The van der Waals surface area contributed by atoms with Crippen molar-refractivity contribution >= 4 is 22.6 Å². The summed E-state index contributed by atoms with van der Waals surface area (Å²) in [6.45, 7) is 2.80. The van der Waals surface area contributed by atoms with E-state index in [9.17, 15) is 4.79 Å². The van der Waals surface area contributed by atoms with Gasteiger partial charge in [-0.3, -0.25) is 9.78 Å². The van der Waals surface area contributed by atoms with E-state index in [1.165, 1.54) is 0 Å². The largest absolute Gasteiger partial charge is 0.495 e. The minimum atomic E-state index is -0.0667. The van der Waals surface area contributed by atoms with Crippen LogP contribution in [-0.4, -0.2) is 54.1 Å². The second-order valence-corrected chi connectivity index (χ2v) is 6.20. The zero-order chi connectivity index (χ0) is 17.9. The second-order valence-electron chi connectivity index (χ2n) is 6.20. The summed E-state index contributed by atoms with van der Waals surface area (Å²) in [6.07, 6.45) is 1.57. The van der Waals surface area contributed by atoms with Crippen molar-refractivity contribution in [3.05, 3.63) is 60.4 Å². The molecule has 6 heteroatoms. The Bertz CT molecular complexity index is 936. The van der Waals surface area contributed by atoms with Crippen molar-refractivity contribution in [3.63, 3.8) is 0 Å². The number of rotatable bonds is 3. The molecular weight excluding hydrogens is 328 g/mol. The molecule has 0 unspecified atom stereocenters. The highest BCUT2D eigenvalue weighted by molar-refractivity contribution is 5.94. The topological polar surface area (TPSA) is 58.6 Å². The third-order valence-corrected chi connectivity index (χ3v) is 4.66. The summed E-state index contributed by atoms with van der Waals surface area (Å²) in [6, 6.07) is 15.5. The molecule has 1 aliphatic rings. The van der Waals surface area contributed by atoms with Gasteiger partial charge in [-0.2, -0.15) is 0 Å². The number of anilines is 1. The predicted molar refractivity (Wildman–Crippen MR) is 101 cm³/mol. The van der Waals surface area contributed by atoms with Gasteiger partial charge in [0.15, 0.2) is 0 Å². The van der Waals surface area contributed by atoms with E-state index >= 15 is 0 Å². The number of hydrogen-bond acceptors (Lipinski definition) is 5. The van der Waals surface area contributed by atoms with Gasteiger partial charge in [-0.25, -0.2) is 4.98 Å². The number of hydrogen-bond donors (Lipinski definition) is 0. The Kier molecular flexibility index (Phi) is 4.39. The zero-order valence-corrected chi connectivity index (χ0v) is 14.6. The molecule has 1 fully saturated rings. The number of piperazine rings is 1. The highest BCUT2D eigenvalue weighted by Gasteiger charge is 2.24. The molecule has 0 N–H and O–H groups in total. The first-order chi connectivity index (χ1) is 12.8. The molecule has 4 rings (SSSR count). The van der Waals surface area contributed by atoms with E-state index in [1.807, 2.05) is 53.4 Å². The summed E-state index contributed by atoms with van der Waals surface area (Å²) in [5, 5.41) is 0. The van der Waals surface area contributed by atoms with Crippen LogP contribution in [0.4, 0.5) is 5.69 Å². The van der Waals surface area contributed by atoms with E-state index in [4.69, 9.17) is 4.74 Å². The van der Waals surface area contributed by atoms with Gasteiger partial charge in [0, 0.05) is 26.2 Å². The molecule has 1 aromatic heterocycles. The van der Waals surface area contributed by atoms with E-state index < -0.39 is 0 Å². The Morgan fingerprint density at radius 3 is 2.42 bits per heavy atom. The highest BCUT2D eigenvalue weighted by atomic mass is 16.5. The molecule has 26 heavy (non-hydrogen) atoms. The predicted octanol–water partition coefficient (Wildman–Crippen LogP) is 2.60. The van der Waals surface area contributed by atoms with Crippen molar-refractivity contribution in [2.24, 2.45) is 0 Å². The molecule has 132 valence electrons. The van der Waals surface area contributed by atoms with E-state index in [0.717, 1.165) is 35.6 Å². The van der Waals surface area contributed by atoms with Crippen molar-refractivity contribution in [2.45, 2.75) is 0 Å². The number of para-hydroxylation sites is 4.